The number of alkyl halides is 3. The van der Waals surface area contributed by atoms with Gasteiger partial charge in [-0.25, -0.2) is 22.5 Å². The van der Waals surface area contributed by atoms with Crippen LogP contribution >= 0.6 is 0 Å². The van der Waals surface area contributed by atoms with Crippen LogP contribution < -0.4 is 0 Å². The summed E-state index contributed by atoms with van der Waals surface area (Å²) in [6, 6.07) is 4.02. The van der Waals surface area contributed by atoms with Crippen LogP contribution in [0.15, 0.2) is 47.6 Å². The second-order valence-corrected chi connectivity index (χ2v) is 8.01. The molecule has 0 bridgehead atoms. The van der Waals surface area contributed by atoms with E-state index in [1.165, 1.54) is 29.9 Å². The van der Waals surface area contributed by atoms with Gasteiger partial charge in [0.05, 0.1) is 5.39 Å². The quantitative estimate of drug-likeness (QED) is 0.556. The maximum absolute atomic E-state index is 13.9. The van der Waals surface area contributed by atoms with E-state index in [0.717, 1.165) is 24.3 Å². The fourth-order valence-corrected chi connectivity index (χ4v) is 4.88. The van der Waals surface area contributed by atoms with Crippen molar-refractivity contribution in [1.29, 1.82) is 0 Å². The molecule has 0 N–H and O–H groups in total. The highest BCUT2D eigenvalue weighted by molar-refractivity contribution is 7.89. The number of benzene rings is 1. The van der Waals surface area contributed by atoms with Crippen LogP contribution in [0.4, 0.5) is 17.6 Å². The Morgan fingerprint density at radius 2 is 1.79 bits per heavy atom. The molecule has 1 atom stereocenters. The molecule has 2 heterocycles. The third-order valence-electron chi connectivity index (χ3n) is 4.42. The number of fused-ring (bicyclic) bond motifs is 1. The van der Waals surface area contributed by atoms with Crippen molar-refractivity contribution in [2.24, 2.45) is 0 Å². The molecule has 2 aromatic heterocycles. The summed E-state index contributed by atoms with van der Waals surface area (Å²) in [4.78, 5) is 4.09. The summed E-state index contributed by atoms with van der Waals surface area (Å²) in [6.07, 6.45) is -3.48. The molecule has 0 unspecified atom stereocenters. The molecule has 1 aromatic carbocycles. The Balaban J connectivity index is 2.20. The second kappa shape index (κ2) is 7.71. The molecule has 0 aliphatic carbocycles. The van der Waals surface area contributed by atoms with Crippen molar-refractivity contribution in [1.82, 2.24) is 19.1 Å². The molecular weight excluding hydrogens is 412 g/mol. The minimum Gasteiger partial charge on any atom is -0.246 e. The van der Waals surface area contributed by atoms with Gasteiger partial charge in [0, 0.05) is 19.3 Å². The van der Waals surface area contributed by atoms with Gasteiger partial charge < -0.3 is 0 Å². The first kappa shape index (κ1) is 21.2. The van der Waals surface area contributed by atoms with Crippen LogP contribution in [0, 0.1) is 5.82 Å². The lowest BCUT2D eigenvalue weighted by atomic mass is 10.1. The Bertz CT molecular complexity index is 1110. The first-order chi connectivity index (χ1) is 13.6. The summed E-state index contributed by atoms with van der Waals surface area (Å²) in [6.45, 7) is 2.84. The van der Waals surface area contributed by atoms with E-state index in [2.05, 4.69) is 10.1 Å². The molecule has 0 saturated carbocycles. The summed E-state index contributed by atoms with van der Waals surface area (Å²) < 4.78 is 83.2. The minimum absolute atomic E-state index is 0.132. The van der Waals surface area contributed by atoms with E-state index in [-0.39, 0.29) is 23.1 Å². The molecule has 3 rings (SSSR count). The molecule has 0 amide bonds. The van der Waals surface area contributed by atoms with Gasteiger partial charge in [-0.15, -0.1) is 0 Å². The first-order valence-corrected chi connectivity index (χ1v) is 10.2. The summed E-state index contributed by atoms with van der Waals surface area (Å²) >= 11 is 0. The van der Waals surface area contributed by atoms with Gasteiger partial charge in [0.25, 0.3) is 10.0 Å². The summed E-state index contributed by atoms with van der Waals surface area (Å²) in [5.41, 5.74) is -0.128. The molecule has 156 valence electrons. The third kappa shape index (κ3) is 3.84. The number of sulfonamides is 1. The molecule has 29 heavy (non-hydrogen) atoms. The van der Waals surface area contributed by atoms with Crippen LogP contribution in [0.2, 0.25) is 0 Å². The van der Waals surface area contributed by atoms with E-state index in [9.17, 15) is 26.0 Å². The summed E-state index contributed by atoms with van der Waals surface area (Å²) in [5.74, 6) is -0.723. The fraction of sp³-hybridized carbons (Fsp3) is 0.333. The Labute approximate surface area is 164 Å². The van der Waals surface area contributed by atoms with Crippen molar-refractivity contribution >= 4 is 21.1 Å². The van der Waals surface area contributed by atoms with E-state index >= 15 is 0 Å². The van der Waals surface area contributed by atoms with Crippen LogP contribution in [0.5, 0.6) is 0 Å². The molecule has 0 radical (unpaired) electrons. The van der Waals surface area contributed by atoms with Crippen LogP contribution in [-0.4, -0.2) is 40.2 Å². The lowest BCUT2D eigenvalue weighted by Gasteiger charge is -2.31. The molecule has 0 saturated heterocycles. The lowest BCUT2D eigenvalue weighted by molar-refractivity contribution is -0.173. The Hall–Kier alpha value is -2.53. The minimum atomic E-state index is -4.93. The van der Waals surface area contributed by atoms with Gasteiger partial charge in [0.15, 0.2) is 5.65 Å². The van der Waals surface area contributed by atoms with Gasteiger partial charge in [-0.2, -0.15) is 22.6 Å². The predicted octanol–water partition coefficient (Wildman–Crippen LogP) is 3.90. The number of aryl methyl sites for hydroxylation is 1. The SMILES string of the molecule is CCN([C@H](c1ccc(F)cc1)C(F)(F)F)S(=O)(=O)c1nn(CC)c2ncccc12. The molecular formula is C18H18F4N4O2S. The van der Waals surface area contributed by atoms with E-state index in [1.54, 1.807) is 6.92 Å². The van der Waals surface area contributed by atoms with Crippen LogP contribution in [0.1, 0.15) is 25.5 Å². The average Bonchev–Trinajstić information content (AvgIpc) is 3.05. The van der Waals surface area contributed by atoms with Gasteiger partial charge in [-0.1, -0.05) is 19.1 Å². The maximum Gasteiger partial charge on any atom is 0.409 e. The van der Waals surface area contributed by atoms with Gasteiger partial charge in [0.2, 0.25) is 5.03 Å². The predicted molar refractivity (Wildman–Crippen MR) is 98.0 cm³/mol. The monoisotopic (exact) mass is 430 g/mol. The second-order valence-electron chi connectivity index (χ2n) is 6.20. The smallest absolute Gasteiger partial charge is 0.246 e. The molecule has 3 aromatic rings. The number of nitrogens with zero attached hydrogens (tertiary/aromatic N) is 4. The highest BCUT2D eigenvalue weighted by Gasteiger charge is 2.49. The van der Waals surface area contributed by atoms with Gasteiger partial charge in [-0.05, 0) is 36.8 Å². The van der Waals surface area contributed by atoms with Crippen LogP contribution in [0.25, 0.3) is 11.0 Å². The zero-order valence-electron chi connectivity index (χ0n) is 15.6. The molecule has 0 aliphatic heterocycles. The van der Waals surface area contributed by atoms with Crippen molar-refractivity contribution in [3.05, 3.63) is 54.0 Å². The van der Waals surface area contributed by atoms with Crippen molar-refractivity contribution in [2.75, 3.05) is 6.54 Å². The van der Waals surface area contributed by atoms with Gasteiger partial charge in [-0.3, -0.25) is 0 Å². The zero-order chi connectivity index (χ0) is 21.4. The highest BCUT2D eigenvalue weighted by Crippen LogP contribution is 2.41. The highest BCUT2D eigenvalue weighted by atomic mass is 32.2. The molecule has 0 aliphatic rings. The summed E-state index contributed by atoms with van der Waals surface area (Å²) in [7, 11) is -4.66. The molecule has 0 spiro atoms. The Morgan fingerprint density at radius 3 is 2.34 bits per heavy atom. The van der Waals surface area contributed by atoms with E-state index in [1.807, 2.05) is 0 Å². The van der Waals surface area contributed by atoms with E-state index in [0.29, 0.717) is 4.31 Å². The van der Waals surface area contributed by atoms with Gasteiger partial charge >= 0.3 is 6.18 Å². The normalized spacial score (nSPS) is 13.9. The Morgan fingerprint density at radius 1 is 1.14 bits per heavy atom. The largest absolute Gasteiger partial charge is 0.409 e. The first-order valence-electron chi connectivity index (χ1n) is 8.76. The fourth-order valence-electron chi connectivity index (χ4n) is 3.16. The number of hydrogen-bond acceptors (Lipinski definition) is 4. The standard InChI is InChI=1S/C18H18F4N4O2S/c1-3-25-16-14(6-5-11-23-16)17(24-25)29(27,28)26(4-2)15(18(20,21)22)12-7-9-13(19)10-8-12/h5-11,15H,3-4H2,1-2H3/t15-/m1/s1. The van der Waals surface area contributed by atoms with Crippen LogP contribution in [-0.2, 0) is 16.6 Å². The number of pyridine rings is 1. The molecule has 11 heteroatoms. The summed E-state index contributed by atoms with van der Waals surface area (Å²) in [5, 5.41) is 3.65. The van der Waals surface area contributed by atoms with E-state index in [4.69, 9.17) is 0 Å². The maximum atomic E-state index is 13.9. The molecule has 6 nitrogen and oxygen atoms in total. The molecule has 0 fully saturated rings. The third-order valence-corrected chi connectivity index (χ3v) is 6.30. The Kier molecular flexibility index (Phi) is 5.63. The van der Waals surface area contributed by atoms with Crippen molar-refractivity contribution in [2.45, 2.75) is 37.6 Å². The number of halogens is 4. The van der Waals surface area contributed by atoms with Gasteiger partial charge in [0.1, 0.15) is 11.9 Å². The topological polar surface area (TPSA) is 68.1 Å². The van der Waals surface area contributed by atoms with E-state index < -0.39 is 39.6 Å². The van der Waals surface area contributed by atoms with Crippen molar-refractivity contribution in [3.8, 4) is 0 Å². The van der Waals surface area contributed by atoms with Crippen molar-refractivity contribution in [3.63, 3.8) is 0 Å². The number of rotatable bonds is 6. The van der Waals surface area contributed by atoms with Crippen molar-refractivity contribution < 1.29 is 26.0 Å². The number of hydrogen-bond donors (Lipinski definition) is 0. The van der Waals surface area contributed by atoms with Crippen LogP contribution in [0.3, 0.4) is 0 Å². The average molecular weight is 430 g/mol. The zero-order valence-corrected chi connectivity index (χ0v) is 16.4. The number of aromatic nitrogens is 3. The lowest BCUT2D eigenvalue weighted by Crippen LogP contribution is -2.42.